The van der Waals surface area contributed by atoms with Gasteiger partial charge in [0, 0.05) is 16.0 Å². The van der Waals surface area contributed by atoms with Crippen LogP contribution in [0.25, 0.3) is 32.7 Å². The van der Waals surface area contributed by atoms with Gasteiger partial charge in [0.15, 0.2) is 0 Å². The highest BCUT2D eigenvalue weighted by Gasteiger charge is 2.47. The van der Waals surface area contributed by atoms with E-state index >= 15 is 0 Å². The van der Waals surface area contributed by atoms with Crippen LogP contribution in [0.2, 0.25) is 36.3 Å². The van der Waals surface area contributed by atoms with Gasteiger partial charge in [0.25, 0.3) is 8.32 Å². The normalized spacial score (nSPS) is 11.8. The Morgan fingerprint density at radius 3 is 1.82 bits per heavy atom. The summed E-state index contributed by atoms with van der Waals surface area (Å²) in [5.41, 5.74) is 11.3. The standard InChI is InChI=1S/C38H45NO2SSi2/c1-26(2)44(27(3)4,28(5)6)41-33-20-18-30(19-21-33)36-35(22-23-43(8,9)10)42-38(31-16-14-29(25-39)15-17-31)37(36)32-12-11-13-34(24-32)40-7/h11-21,24,26-28H,1-10H3. The Labute approximate surface area is 271 Å². The number of nitrogens with zero attached hydrogens (tertiary/aromatic N) is 1. The van der Waals surface area contributed by atoms with E-state index in [1.54, 1.807) is 18.4 Å². The third-order valence-electron chi connectivity index (χ3n) is 8.24. The molecule has 1 heterocycles. The highest BCUT2D eigenvalue weighted by atomic mass is 32.1. The number of hydrogen-bond acceptors (Lipinski definition) is 4. The van der Waals surface area contributed by atoms with Crippen molar-refractivity contribution < 1.29 is 9.16 Å². The third-order valence-corrected chi connectivity index (χ3v) is 16.3. The number of ether oxygens (including phenoxy) is 1. The average Bonchev–Trinajstić information content (AvgIpc) is 3.38. The lowest BCUT2D eigenvalue weighted by Gasteiger charge is -2.42. The molecule has 0 saturated carbocycles. The molecule has 0 unspecified atom stereocenters. The molecule has 0 atom stereocenters. The molecule has 0 radical (unpaired) electrons. The lowest BCUT2D eigenvalue weighted by molar-refractivity contribution is 0.415. The van der Waals surface area contributed by atoms with Crippen molar-refractivity contribution in [1.29, 1.82) is 5.26 Å². The molecule has 0 amide bonds. The average molecular weight is 636 g/mol. The molecule has 0 bridgehead atoms. The highest BCUT2D eigenvalue weighted by molar-refractivity contribution is 7.17. The second kappa shape index (κ2) is 13.6. The molecule has 3 aromatic carbocycles. The summed E-state index contributed by atoms with van der Waals surface area (Å²) >= 11 is 1.72. The van der Waals surface area contributed by atoms with Gasteiger partial charge in [-0.25, -0.2) is 0 Å². The summed E-state index contributed by atoms with van der Waals surface area (Å²) in [6, 6.07) is 27.0. The minimum Gasteiger partial charge on any atom is -0.543 e. The molecule has 44 heavy (non-hydrogen) atoms. The van der Waals surface area contributed by atoms with E-state index in [-0.39, 0.29) is 0 Å². The van der Waals surface area contributed by atoms with Crippen molar-refractivity contribution in [3.63, 3.8) is 0 Å². The van der Waals surface area contributed by atoms with E-state index in [0.717, 1.165) is 49.1 Å². The number of benzene rings is 3. The van der Waals surface area contributed by atoms with Gasteiger partial charge in [-0.15, -0.1) is 16.9 Å². The monoisotopic (exact) mass is 635 g/mol. The van der Waals surface area contributed by atoms with Crippen LogP contribution in [0, 0.1) is 22.8 Å². The summed E-state index contributed by atoms with van der Waals surface area (Å²) in [5.74, 6) is 5.37. The molecular weight excluding hydrogens is 591 g/mol. The van der Waals surface area contributed by atoms with E-state index in [0.29, 0.717) is 22.2 Å². The molecule has 0 saturated heterocycles. The third kappa shape index (κ3) is 7.05. The van der Waals surface area contributed by atoms with Gasteiger partial charge < -0.3 is 9.16 Å². The maximum atomic E-state index is 9.43. The molecule has 1 aromatic heterocycles. The first kappa shape index (κ1) is 33.3. The molecule has 228 valence electrons. The Morgan fingerprint density at radius 1 is 0.705 bits per heavy atom. The summed E-state index contributed by atoms with van der Waals surface area (Å²) in [4.78, 5) is 2.18. The fraction of sp³-hybridized carbons (Fsp3) is 0.342. The summed E-state index contributed by atoms with van der Waals surface area (Å²) in [6.07, 6.45) is 0. The summed E-state index contributed by atoms with van der Waals surface area (Å²) in [7, 11) is -2.03. The van der Waals surface area contributed by atoms with Crippen LogP contribution < -0.4 is 9.16 Å². The Bertz CT molecular complexity index is 1670. The zero-order chi connectivity index (χ0) is 32.2. The lowest BCUT2D eigenvalue weighted by Crippen LogP contribution is -2.50. The summed E-state index contributed by atoms with van der Waals surface area (Å²) in [5, 5.41) is 9.43. The van der Waals surface area contributed by atoms with Gasteiger partial charge in [0.2, 0.25) is 0 Å². The lowest BCUT2D eigenvalue weighted by atomic mass is 9.92. The molecule has 4 rings (SSSR count). The highest BCUT2D eigenvalue weighted by Crippen LogP contribution is 2.49. The van der Waals surface area contributed by atoms with Crippen LogP contribution in [0.3, 0.4) is 0 Å². The van der Waals surface area contributed by atoms with E-state index in [2.05, 4.69) is 115 Å². The topological polar surface area (TPSA) is 42.2 Å². The van der Waals surface area contributed by atoms with Crippen LogP contribution in [0.1, 0.15) is 52.0 Å². The van der Waals surface area contributed by atoms with E-state index in [1.165, 1.54) is 0 Å². The van der Waals surface area contributed by atoms with Crippen molar-refractivity contribution in [2.24, 2.45) is 0 Å². The number of nitriles is 1. The molecule has 0 aliphatic heterocycles. The summed E-state index contributed by atoms with van der Waals surface area (Å²) < 4.78 is 12.7. The number of rotatable bonds is 9. The summed E-state index contributed by atoms with van der Waals surface area (Å²) in [6.45, 7) is 20.7. The van der Waals surface area contributed by atoms with Crippen molar-refractivity contribution in [1.82, 2.24) is 0 Å². The second-order valence-electron chi connectivity index (χ2n) is 13.4. The predicted octanol–water partition coefficient (Wildman–Crippen LogP) is 11.4. The molecule has 0 spiro atoms. The first-order valence-corrected chi connectivity index (χ1v) is 21.9. The van der Waals surface area contributed by atoms with E-state index in [9.17, 15) is 5.26 Å². The van der Waals surface area contributed by atoms with Crippen LogP contribution in [0.5, 0.6) is 11.5 Å². The maximum Gasteiger partial charge on any atom is 0.258 e. The molecular formula is C38H45NO2SSi2. The van der Waals surface area contributed by atoms with E-state index in [1.807, 2.05) is 36.4 Å². The van der Waals surface area contributed by atoms with Gasteiger partial charge in [-0.2, -0.15) is 5.26 Å². The Morgan fingerprint density at radius 2 is 1.30 bits per heavy atom. The smallest absolute Gasteiger partial charge is 0.258 e. The zero-order valence-electron chi connectivity index (χ0n) is 27.8. The number of methoxy groups -OCH3 is 1. The minimum absolute atomic E-state index is 0.497. The molecule has 6 heteroatoms. The first-order valence-electron chi connectivity index (χ1n) is 15.4. The maximum absolute atomic E-state index is 9.43. The first-order chi connectivity index (χ1) is 20.8. The number of thiophene rings is 1. The van der Waals surface area contributed by atoms with Crippen LogP contribution in [-0.2, 0) is 0 Å². The largest absolute Gasteiger partial charge is 0.543 e. The molecule has 0 aliphatic carbocycles. The molecule has 0 aliphatic rings. The van der Waals surface area contributed by atoms with Crippen molar-refractivity contribution in [2.75, 3.05) is 7.11 Å². The zero-order valence-corrected chi connectivity index (χ0v) is 30.6. The van der Waals surface area contributed by atoms with E-state index in [4.69, 9.17) is 9.16 Å². The van der Waals surface area contributed by atoms with E-state index < -0.39 is 16.4 Å². The van der Waals surface area contributed by atoms with Crippen molar-refractivity contribution in [3.8, 4) is 61.7 Å². The van der Waals surface area contributed by atoms with Crippen LogP contribution >= 0.6 is 11.3 Å². The van der Waals surface area contributed by atoms with Crippen molar-refractivity contribution in [3.05, 3.63) is 83.2 Å². The van der Waals surface area contributed by atoms with Gasteiger partial charge in [0.1, 0.15) is 19.6 Å². The quantitative estimate of drug-likeness (QED) is 0.136. The fourth-order valence-electron chi connectivity index (χ4n) is 6.24. The van der Waals surface area contributed by atoms with Crippen molar-refractivity contribution >= 4 is 27.7 Å². The fourth-order valence-corrected chi connectivity index (χ4v) is 13.3. The Balaban J connectivity index is 1.97. The molecule has 3 nitrogen and oxygen atoms in total. The van der Waals surface area contributed by atoms with Gasteiger partial charge in [-0.1, -0.05) is 104 Å². The minimum atomic E-state index is -2.08. The Hall–Kier alpha value is -3.56. The predicted molar refractivity (Wildman–Crippen MR) is 194 cm³/mol. The van der Waals surface area contributed by atoms with Gasteiger partial charge in [-0.3, -0.25) is 0 Å². The second-order valence-corrected chi connectivity index (χ2v) is 24.5. The van der Waals surface area contributed by atoms with Crippen LogP contribution in [0.4, 0.5) is 0 Å². The van der Waals surface area contributed by atoms with Crippen LogP contribution in [-0.4, -0.2) is 23.5 Å². The molecule has 0 fully saturated rings. The van der Waals surface area contributed by atoms with Crippen LogP contribution in [0.15, 0.2) is 72.8 Å². The van der Waals surface area contributed by atoms with Gasteiger partial charge in [-0.05, 0) is 69.7 Å². The van der Waals surface area contributed by atoms with Crippen molar-refractivity contribution in [2.45, 2.75) is 77.8 Å². The van der Waals surface area contributed by atoms with Gasteiger partial charge >= 0.3 is 0 Å². The number of hydrogen-bond donors (Lipinski definition) is 0. The molecule has 0 N–H and O–H groups in total. The SMILES string of the molecule is COc1cccc(-c2c(-c3ccc(C#N)cc3)sc(C#C[Si](C)(C)C)c2-c2ccc(O[Si](C(C)C)(C(C)C)C(C)C)cc2)c1. The van der Waals surface area contributed by atoms with Gasteiger partial charge in [0.05, 0.1) is 23.6 Å². The molecule has 4 aromatic rings. The Kier molecular flexibility index (Phi) is 10.3.